The molecule has 0 spiro atoms. The topological polar surface area (TPSA) is 82.8 Å². The third kappa shape index (κ3) is 4.81. The summed E-state index contributed by atoms with van der Waals surface area (Å²) in [5.41, 5.74) is -0.187. The zero-order valence-corrected chi connectivity index (χ0v) is 13.3. The van der Waals surface area contributed by atoms with Crippen LogP contribution in [0.3, 0.4) is 0 Å². The van der Waals surface area contributed by atoms with Gasteiger partial charge in [-0.2, -0.15) is 0 Å². The van der Waals surface area contributed by atoms with Crippen LogP contribution in [0.4, 0.5) is 0 Å². The fourth-order valence-electron chi connectivity index (χ4n) is 2.50. The first kappa shape index (κ1) is 17.0. The molecule has 1 saturated carbocycles. The summed E-state index contributed by atoms with van der Waals surface area (Å²) in [6, 6.07) is 2.64. The molecule has 23 heavy (non-hydrogen) atoms. The Kier molecular flexibility index (Phi) is 5.36. The van der Waals surface area contributed by atoms with Gasteiger partial charge < -0.3 is 13.9 Å². The van der Waals surface area contributed by atoms with Crippen LogP contribution in [-0.2, 0) is 14.3 Å². The van der Waals surface area contributed by atoms with Crippen LogP contribution >= 0.6 is 0 Å². The highest BCUT2D eigenvalue weighted by Gasteiger charge is 2.29. The second-order valence-electron chi connectivity index (χ2n) is 5.80. The number of hydrogen-bond acceptors (Lipinski definition) is 6. The molecule has 1 aromatic rings. The summed E-state index contributed by atoms with van der Waals surface area (Å²) in [4.78, 5) is 34.9. The van der Waals surface area contributed by atoms with Gasteiger partial charge in [-0.15, -0.1) is 0 Å². The maximum Gasteiger partial charge on any atom is 0.339 e. The predicted octanol–water partition coefficient (Wildman–Crippen LogP) is 2.53. The molecule has 0 saturated heterocycles. The Morgan fingerprint density at radius 2 is 1.87 bits per heavy atom. The molecule has 1 aliphatic carbocycles. The maximum atomic E-state index is 12.2. The van der Waals surface area contributed by atoms with Crippen LogP contribution in [0.1, 0.15) is 38.4 Å². The van der Waals surface area contributed by atoms with Crippen LogP contribution in [0.15, 0.2) is 33.5 Å². The standard InChI is InChI=1S/C17H20O6/c1-10(2)16(19)22-13-6-4-12(5-7-13)17(20)23-14-8-11(3)21-15(18)9-14/h8-9,12-13H,1,4-7H2,2-3H3. The van der Waals surface area contributed by atoms with Gasteiger partial charge in [0.2, 0.25) is 0 Å². The van der Waals surface area contributed by atoms with Crippen molar-refractivity contribution in [3.05, 3.63) is 40.5 Å². The van der Waals surface area contributed by atoms with Gasteiger partial charge >= 0.3 is 17.6 Å². The second kappa shape index (κ2) is 7.26. The van der Waals surface area contributed by atoms with Gasteiger partial charge in [0.25, 0.3) is 0 Å². The summed E-state index contributed by atoms with van der Waals surface area (Å²) < 4.78 is 15.3. The molecule has 0 aliphatic heterocycles. The lowest BCUT2D eigenvalue weighted by Gasteiger charge is -2.27. The second-order valence-corrected chi connectivity index (χ2v) is 5.80. The lowest BCUT2D eigenvalue weighted by molar-refractivity contribution is -0.148. The normalized spacial score (nSPS) is 20.6. The Labute approximate surface area is 134 Å². The van der Waals surface area contributed by atoms with E-state index in [9.17, 15) is 14.4 Å². The molecule has 1 fully saturated rings. The van der Waals surface area contributed by atoms with Crippen molar-refractivity contribution in [2.75, 3.05) is 0 Å². The SMILES string of the molecule is C=C(C)C(=O)OC1CCC(C(=O)Oc2cc(C)oc(=O)c2)CC1. The van der Waals surface area contributed by atoms with E-state index in [0.29, 0.717) is 37.0 Å². The predicted molar refractivity (Wildman–Crippen MR) is 82.0 cm³/mol. The number of ether oxygens (including phenoxy) is 2. The first-order valence-electron chi connectivity index (χ1n) is 7.55. The fraction of sp³-hybridized carbons (Fsp3) is 0.471. The lowest BCUT2D eigenvalue weighted by atomic mass is 9.87. The molecule has 0 N–H and O–H groups in total. The Bertz CT molecular complexity index is 664. The third-order valence-electron chi connectivity index (χ3n) is 3.72. The summed E-state index contributed by atoms with van der Waals surface area (Å²) in [6.07, 6.45) is 2.18. The Morgan fingerprint density at radius 3 is 2.43 bits per heavy atom. The van der Waals surface area contributed by atoms with Crippen molar-refractivity contribution in [1.82, 2.24) is 0 Å². The summed E-state index contributed by atoms with van der Waals surface area (Å²) in [5, 5.41) is 0. The van der Waals surface area contributed by atoms with Gasteiger partial charge in [0.15, 0.2) is 0 Å². The zero-order valence-electron chi connectivity index (χ0n) is 13.3. The fourth-order valence-corrected chi connectivity index (χ4v) is 2.50. The highest BCUT2D eigenvalue weighted by atomic mass is 16.5. The van der Waals surface area contributed by atoms with Crippen LogP contribution in [0.2, 0.25) is 0 Å². The number of carbonyl (C=O) groups is 2. The van der Waals surface area contributed by atoms with Crippen LogP contribution in [0.5, 0.6) is 5.75 Å². The van der Waals surface area contributed by atoms with E-state index in [2.05, 4.69) is 6.58 Å². The average molecular weight is 320 g/mol. The average Bonchev–Trinajstić information content (AvgIpc) is 2.46. The molecule has 6 heteroatoms. The molecule has 0 unspecified atom stereocenters. The van der Waals surface area contributed by atoms with Gasteiger partial charge in [0.1, 0.15) is 17.6 Å². The lowest BCUT2D eigenvalue weighted by Crippen LogP contribution is -2.30. The first-order chi connectivity index (χ1) is 10.8. The number of hydrogen-bond donors (Lipinski definition) is 0. The van der Waals surface area contributed by atoms with Crippen LogP contribution in [0, 0.1) is 12.8 Å². The third-order valence-corrected chi connectivity index (χ3v) is 3.72. The molecule has 1 aliphatic rings. The van der Waals surface area contributed by atoms with E-state index >= 15 is 0 Å². The van der Waals surface area contributed by atoms with Crippen LogP contribution < -0.4 is 10.4 Å². The smallest absolute Gasteiger partial charge is 0.339 e. The van der Waals surface area contributed by atoms with E-state index in [4.69, 9.17) is 13.9 Å². The van der Waals surface area contributed by atoms with Crippen LogP contribution in [-0.4, -0.2) is 18.0 Å². The minimum absolute atomic E-state index is 0.186. The number of esters is 2. The number of carbonyl (C=O) groups excluding carboxylic acids is 2. The molecular formula is C17H20O6. The first-order valence-corrected chi connectivity index (χ1v) is 7.55. The summed E-state index contributed by atoms with van der Waals surface area (Å²) in [7, 11) is 0. The Hall–Kier alpha value is -2.37. The number of rotatable bonds is 4. The summed E-state index contributed by atoms with van der Waals surface area (Å²) in [5.74, 6) is -0.458. The van der Waals surface area contributed by atoms with E-state index < -0.39 is 11.6 Å². The maximum absolute atomic E-state index is 12.2. The van der Waals surface area contributed by atoms with E-state index in [-0.39, 0.29) is 23.7 Å². The van der Waals surface area contributed by atoms with Crippen LogP contribution in [0.25, 0.3) is 0 Å². The monoisotopic (exact) mass is 320 g/mol. The van der Waals surface area contributed by atoms with Crippen molar-refractivity contribution in [3.8, 4) is 5.75 Å². The number of aryl methyl sites for hydroxylation is 1. The van der Waals surface area contributed by atoms with E-state index in [1.807, 2.05) is 0 Å². The molecule has 2 rings (SSSR count). The molecule has 0 bridgehead atoms. The Morgan fingerprint density at radius 1 is 1.22 bits per heavy atom. The van der Waals surface area contributed by atoms with E-state index in [1.165, 1.54) is 6.07 Å². The van der Waals surface area contributed by atoms with Gasteiger partial charge in [-0.05, 0) is 39.5 Å². The van der Waals surface area contributed by atoms with E-state index in [1.54, 1.807) is 13.8 Å². The minimum atomic E-state index is -0.553. The van der Waals surface area contributed by atoms with Crippen molar-refractivity contribution in [1.29, 1.82) is 0 Å². The molecule has 0 aromatic carbocycles. The highest BCUT2D eigenvalue weighted by molar-refractivity contribution is 5.87. The van der Waals surface area contributed by atoms with Crippen molar-refractivity contribution in [3.63, 3.8) is 0 Å². The highest BCUT2D eigenvalue weighted by Crippen LogP contribution is 2.28. The summed E-state index contributed by atoms with van der Waals surface area (Å²) in [6.45, 7) is 6.75. The van der Waals surface area contributed by atoms with E-state index in [0.717, 1.165) is 6.07 Å². The van der Waals surface area contributed by atoms with Crippen molar-refractivity contribution in [2.24, 2.45) is 5.92 Å². The Balaban J connectivity index is 1.87. The minimum Gasteiger partial charge on any atom is -0.459 e. The molecule has 0 atom stereocenters. The largest absolute Gasteiger partial charge is 0.459 e. The zero-order chi connectivity index (χ0) is 17.0. The van der Waals surface area contributed by atoms with Gasteiger partial charge in [-0.3, -0.25) is 4.79 Å². The quantitative estimate of drug-likeness (QED) is 0.626. The molecule has 1 heterocycles. The summed E-state index contributed by atoms with van der Waals surface area (Å²) >= 11 is 0. The van der Waals surface area contributed by atoms with Gasteiger partial charge in [0.05, 0.1) is 12.0 Å². The molecule has 0 radical (unpaired) electrons. The molecule has 1 aromatic heterocycles. The van der Waals surface area contributed by atoms with Gasteiger partial charge in [-0.25, -0.2) is 9.59 Å². The van der Waals surface area contributed by atoms with Gasteiger partial charge in [0, 0.05) is 11.6 Å². The van der Waals surface area contributed by atoms with Gasteiger partial charge in [-0.1, -0.05) is 6.58 Å². The van der Waals surface area contributed by atoms with Crippen molar-refractivity contribution >= 4 is 11.9 Å². The molecular weight excluding hydrogens is 300 g/mol. The molecule has 6 nitrogen and oxygen atoms in total. The molecule has 124 valence electrons. The molecule has 0 amide bonds. The van der Waals surface area contributed by atoms with Crippen molar-refractivity contribution in [2.45, 2.75) is 45.6 Å². The van der Waals surface area contributed by atoms with Crippen molar-refractivity contribution < 1.29 is 23.5 Å².